The smallest absolute Gasteiger partial charge is 0.105 e. The minimum atomic E-state index is -0.717. The molecule has 1 fully saturated rings. The summed E-state index contributed by atoms with van der Waals surface area (Å²) in [5.41, 5.74) is 2.61. The molecule has 0 N–H and O–H groups in total. The van der Waals surface area contributed by atoms with Gasteiger partial charge in [-0.15, -0.1) is 0 Å². The monoisotopic (exact) mass is 312 g/mol. The third kappa shape index (κ3) is 5.18. The number of rotatable bonds is 6. The Morgan fingerprint density at radius 2 is 1.17 bits per heavy atom. The maximum absolute atomic E-state index is 14.1. The second-order valence-electron chi connectivity index (χ2n) is 6.50. The highest BCUT2D eigenvalue weighted by Gasteiger charge is 2.28. The quantitative estimate of drug-likeness (QED) is 0.718. The van der Waals surface area contributed by atoms with Crippen molar-refractivity contribution in [2.45, 2.75) is 56.9 Å². The Hall–Kier alpha value is -1.67. The molecule has 1 aliphatic heterocycles. The molecule has 122 valence electrons. The molecule has 1 saturated heterocycles. The van der Waals surface area contributed by atoms with Crippen LogP contribution in [0.3, 0.4) is 0 Å². The van der Waals surface area contributed by atoms with Gasteiger partial charge in [0.25, 0.3) is 0 Å². The van der Waals surface area contributed by atoms with Crippen LogP contribution in [-0.4, -0.2) is 18.4 Å². The van der Waals surface area contributed by atoms with Gasteiger partial charge in [0.1, 0.15) is 6.17 Å². The molecule has 23 heavy (non-hydrogen) atoms. The van der Waals surface area contributed by atoms with Crippen LogP contribution in [0.15, 0.2) is 60.7 Å². The molecule has 1 unspecified atom stereocenters. The van der Waals surface area contributed by atoms with Crippen LogP contribution in [0.5, 0.6) is 0 Å². The fourth-order valence-corrected chi connectivity index (χ4v) is 3.37. The van der Waals surface area contributed by atoms with E-state index < -0.39 is 6.17 Å². The Morgan fingerprint density at radius 3 is 1.61 bits per heavy atom. The van der Waals surface area contributed by atoms with E-state index in [1.807, 2.05) is 12.1 Å². The lowest BCUT2D eigenvalue weighted by molar-refractivity contribution is -0.0819. The molecule has 3 rings (SSSR count). The van der Waals surface area contributed by atoms with Crippen molar-refractivity contribution in [1.29, 1.82) is 0 Å². The van der Waals surface area contributed by atoms with E-state index in [1.54, 1.807) is 0 Å². The van der Waals surface area contributed by atoms with E-state index in [0.717, 1.165) is 25.7 Å². The van der Waals surface area contributed by atoms with Gasteiger partial charge in [-0.3, -0.25) is 0 Å². The average molecular weight is 312 g/mol. The molecular formula is C21H25FO. The largest absolute Gasteiger partial charge is 0.375 e. The summed E-state index contributed by atoms with van der Waals surface area (Å²) in [6, 6.07) is 20.8. The number of hydrogen-bond acceptors (Lipinski definition) is 1. The zero-order valence-electron chi connectivity index (χ0n) is 13.5. The van der Waals surface area contributed by atoms with Crippen molar-refractivity contribution in [2.75, 3.05) is 0 Å². The highest BCUT2D eigenvalue weighted by atomic mass is 19.1. The van der Waals surface area contributed by atoms with E-state index >= 15 is 0 Å². The Labute approximate surface area is 138 Å². The van der Waals surface area contributed by atoms with Gasteiger partial charge in [0, 0.05) is 12.8 Å². The van der Waals surface area contributed by atoms with Gasteiger partial charge in [0.15, 0.2) is 0 Å². The fourth-order valence-electron chi connectivity index (χ4n) is 3.37. The SMILES string of the molecule is FC1C[C@@H](CCc2ccccc2)O[C@@H](CCc2ccccc2)C1. The molecule has 1 heterocycles. The summed E-state index contributed by atoms with van der Waals surface area (Å²) in [5.74, 6) is 0. The molecule has 0 radical (unpaired) electrons. The van der Waals surface area contributed by atoms with Gasteiger partial charge in [-0.2, -0.15) is 0 Å². The minimum Gasteiger partial charge on any atom is -0.375 e. The van der Waals surface area contributed by atoms with E-state index in [4.69, 9.17) is 4.74 Å². The van der Waals surface area contributed by atoms with Gasteiger partial charge < -0.3 is 4.74 Å². The number of ether oxygens (including phenoxy) is 1. The number of benzene rings is 2. The lowest BCUT2D eigenvalue weighted by atomic mass is 9.94. The summed E-state index contributed by atoms with van der Waals surface area (Å²) < 4.78 is 20.2. The van der Waals surface area contributed by atoms with Gasteiger partial charge in [0.05, 0.1) is 12.2 Å². The van der Waals surface area contributed by atoms with Crippen LogP contribution >= 0.6 is 0 Å². The molecule has 2 aromatic rings. The Morgan fingerprint density at radius 1 is 0.739 bits per heavy atom. The van der Waals surface area contributed by atoms with Crippen LogP contribution in [0.1, 0.15) is 36.8 Å². The first-order chi connectivity index (χ1) is 11.3. The standard InChI is InChI=1S/C21H25FO/c22-19-15-20(13-11-17-7-3-1-4-8-17)23-21(16-19)14-12-18-9-5-2-6-10-18/h1-10,19-21H,11-16H2/t19?,20-,21+. The van der Waals surface area contributed by atoms with Gasteiger partial charge >= 0.3 is 0 Å². The topological polar surface area (TPSA) is 9.23 Å². The molecule has 0 bridgehead atoms. The molecule has 0 aliphatic carbocycles. The first kappa shape index (κ1) is 16.2. The second-order valence-corrected chi connectivity index (χ2v) is 6.50. The van der Waals surface area contributed by atoms with E-state index in [-0.39, 0.29) is 12.2 Å². The molecule has 0 spiro atoms. The highest BCUT2D eigenvalue weighted by Crippen LogP contribution is 2.27. The van der Waals surface area contributed by atoms with Crippen LogP contribution in [0, 0.1) is 0 Å². The lowest BCUT2D eigenvalue weighted by Crippen LogP contribution is -2.34. The normalized spacial score (nSPS) is 24.5. The van der Waals surface area contributed by atoms with Crippen molar-refractivity contribution in [3.63, 3.8) is 0 Å². The Bertz CT molecular complexity index is 517. The fraction of sp³-hybridized carbons (Fsp3) is 0.429. The van der Waals surface area contributed by atoms with Crippen molar-refractivity contribution in [2.24, 2.45) is 0 Å². The van der Waals surface area contributed by atoms with Crippen molar-refractivity contribution in [1.82, 2.24) is 0 Å². The minimum absolute atomic E-state index is 0.0553. The Kier molecular flexibility index (Phi) is 5.82. The predicted octanol–water partition coefficient (Wildman–Crippen LogP) is 5.14. The molecule has 0 saturated carbocycles. The molecule has 0 amide bonds. The van der Waals surface area contributed by atoms with Crippen molar-refractivity contribution in [3.05, 3.63) is 71.8 Å². The number of halogens is 1. The van der Waals surface area contributed by atoms with Crippen molar-refractivity contribution >= 4 is 0 Å². The zero-order chi connectivity index (χ0) is 15.9. The van der Waals surface area contributed by atoms with Crippen LogP contribution in [0.4, 0.5) is 4.39 Å². The molecule has 1 aliphatic rings. The second kappa shape index (κ2) is 8.26. The summed E-state index contributed by atoms with van der Waals surface area (Å²) in [6.45, 7) is 0. The summed E-state index contributed by atoms with van der Waals surface area (Å²) in [6.07, 6.45) is 4.24. The van der Waals surface area contributed by atoms with Gasteiger partial charge in [-0.1, -0.05) is 60.7 Å². The van der Waals surface area contributed by atoms with Crippen molar-refractivity contribution in [3.8, 4) is 0 Å². The van der Waals surface area contributed by atoms with Gasteiger partial charge in [-0.25, -0.2) is 4.39 Å². The van der Waals surface area contributed by atoms with Gasteiger partial charge in [0.2, 0.25) is 0 Å². The zero-order valence-corrected chi connectivity index (χ0v) is 13.5. The third-order valence-electron chi connectivity index (χ3n) is 4.62. The summed E-state index contributed by atoms with van der Waals surface area (Å²) >= 11 is 0. The molecule has 2 aromatic carbocycles. The number of alkyl halides is 1. The molecular weight excluding hydrogens is 287 g/mol. The van der Waals surface area contributed by atoms with Crippen LogP contribution < -0.4 is 0 Å². The first-order valence-electron chi connectivity index (χ1n) is 8.67. The van der Waals surface area contributed by atoms with E-state index in [0.29, 0.717) is 12.8 Å². The number of aryl methyl sites for hydroxylation is 2. The first-order valence-corrected chi connectivity index (χ1v) is 8.67. The lowest BCUT2D eigenvalue weighted by Gasteiger charge is -2.32. The highest BCUT2D eigenvalue weighted by molar-refractivity contribution is 5.15. The van der Waals surface area contributed by atoms with Crippen LogP contribution in [0.2, 0.25) is 0 Å². The molecule has 3 atom stereocenters. The average Bonchev–Trinajstić information content (AvgIpc) is 2.60. The molecule has 1 nitrogen and oxygen atoms in total. The van der Waals surface area contributed by atoms with Crippen molar-refractivity contribution < 1.29 is 9.13 Å². The Balaban J connectivity index is 1.48. The van der Waals surface area contributed by atoms with Crippen LogP contribution in [-0.2, 0) is 17.6 Å². The maximum atomic E-state index is 14.1. The van der Waals surface area contributed by atoms with Gasteiger partial charge in [-0.05, 0) is 36.8 Å². The summed E-state index contributed by atoms with van der Waals surface area (Å²) in [4.78, 5) is 0. The van der Waals surface area contributed by atoms with E-state index in [2.05, 4.69) is 48.5 Å². The van der Waals surface area contributed by atoms with E-state index in [1.165, 1.54) is 11.1 Å². The summed E-state index contributed by atoms with van der Waals surface area (Å²) in [5, 5.41) is 0. The number of hydrogen-bond donors (Lipinski definition) is 0. The molecule has 0 aromatic heterocycles. The summed E-state index contributed by atoms with van der Waals surface area (Å²) in [7, 11) is 0. The van der Waals surface area contributed by atoms with Crippen LogP contribution in [0.25, 0.3) is 0 Å². The van der Waals surface area contributed by atoms with E-state index in [9.17, 15) is 4.39 Å². The molecule has 2 heteroatoms. The maximum Gasteiger partial charge on any atom is 0.105 e. The predicted molar refractivity (Wildman–Crippen MR) is 92.3 cm³/mol. The third-order valence-corrected chi connectivity index (χ3v) is 4.62.